The van der Waals surface area contributed by atoms with Gasteiger partial charge in [-0.05, 0) is 43.3 Å². The lowest BCUT2D eigenvalue weighted by molar-refractivity contribution is 0.740. The van der Waals surface area contributed by atoms with Crippen LogP contribution in [0.5, 0.6) is 0 Å². The second kappa shape index (κ2) is 4.60. The van der Waals surface area contributed by atoms with Crippen molar-refractivity contribution in [2.75, 3.05) is 6.54 Å². The lowest BCUT2D eigenvalue weighted by atomic mass is 10.1. The molecule has 3 heteroatoms. The van der Waals surface area contributed by atoms with Crippen molar-refractivity contribution in [2.24, 2.45) is 11.5 Å². The van der Waals surface area contributed by atoms with Gasteiger partial charge >= 0.3 is 0 Å². The Morgan fingerprint density at radius 1 is 1.58 bits per heavy atom. The first-order valence-electron chi connectivity index (χ1n) is 4.25. The summed E-state index contributed by atoms with van der Waals surface area (Å²) in [6.07, 6.45) is 1.96. The predicted molar refractivity (Wildman–Crippen MR) is 54.4 cm³/mol. The van der Waals surface area contributed by atoms with Crippen LogP contribution in [-0.4, -0.2) is 12.6 Å². The lowest BCUT2D eigenvalue weighted by Gasteiger charge is -2.04. The van der Waals surface area contributed by atoms with Crippen molar-refractivity contribution in [3.8, 4) is 0 Å². The van der Waals surface area contributed by atoms with E-state index in [1.165, 1.54) is 10.4 Å². The molecule has 0 aliphatic heterocycles. The molecule has 12 heavy (non-hydrogen) atoms. The van der Waals surface area contributed by atoms with Crippen LogP contribution in [0, 0.1) is 0 Å². The first kappa shape index (κ1) is 9.71. The van der Waals surface area contributed by atoms with E-state index >= 15 is 0 Å². The molecule has 0 bridgehead atoms. The van der Waals surface area contributed by atoms with Crippen molar-refractivity contribution in [1.82, 2.24) is 0 Å². The van der Waals surface area contributed by atoms with E-state index < -0.39 is 0 Å². The van der Waals surface area contributed by atoms with Crippen molar-refractivity contribution >= 4 is 11.3 Å². The van der Waals surface area contributed by atoms with Crippen LogP contribution in [0.3, 0.4) is 0 Å². The van der Waals surface area contributed by atoms with Gasteiger partial charge in [-0.25, -0.2) is 0 Å². The van der Waals surface area contributed by atoms with Crippen LogP contribution in [0.25, 0.3) is 0 Å². The zero-order chi connectivity index (χ0) is 8.97. The molecular weight excluding hydrogens is 168 g/mol. The van der Waals surface area contributed by atoms with Crippen LogP contribution in [0.4, 0.5) is 0 Å². The molecule has 0 aliphatic rings. The van der Waals surface area contributed by atoms with E-state index in [0.717, 1.165) is 19.4 Å². The summed E-state index contributed by atoms with van der Waals surface area (Å²) >= 11 is 1.78. The molecule has 68 valence electrons. The second-order valence-electron chi connectivity index (χ2n) is 3.09. The molecule has 0 spiro atoms. The number of thiophene rings is 1. The molecule has 0 saturated carbocycles. The molecular formula is C9H16N2S. The average Bonchev–Trinajstić information content (AvgIpc) is 2.37. The molecule has 0 radical (unpaired) electrons. The fraction of sp³-hybridized carbons (Fsp3) is 0.556. The summed E-state index contributed by atoms with van der Waals surface area (Å²) in [5.41, 5.74) is 12.6. The zero-order valence-corrected chi connectivity index (χ0v) is 8.23. The quantitative estimate of drug-likeness (QED) is 0.737. The predicted octanol–water partition coefficient (Wildman–Crippen LogP) is 1.14. The van der Waals surface area contributed by atoms with Gasteiger partial charge in [-0.2, -0.15) is 0 Å². The maximum absolute atomic E-state index is 5.72. The Morgan fingerprint density at radius 3 is 2.92 bits per heavy atom. The molecule has 4 N–H and O–H groups in total. The van der Waals surface area contributed by atoms with Crippen molar-refractivity contribution < 1.29 is 0 Å². The normalized spacial score (nSPS) is 13.2. The largest absolute Gasteiger partial charge is 0.330 e. The second-order valence-corrected chi connectivity index (χ2v) is 4.09. The van der Waals surface area contributed by atoms with E-state index in [4.69, 9.17) is 11.5 Å². The van der Waals surface area contributed by atoms with Crippen molar-refractivity contribution in [1.29, 1.82) is 0 Å². The van der Waals surface area contributed by atoms with Gasteiger partial charge in [0.05, 0.1) is 0 Å². The molecule has 1 rings (SSSR count). The average molecular weight is 184 g/mol. The summed E-state index contributed by atoms with van der Waals surface area (Å²) < 4.78 is 0. The SMILES string of the molecule is CC(N)Cc1sccc1CCN. The van der Waals surface area contributed by atoms with Crippen molar-refractivity contribution in [3.63, 3.8) is 0 Å². The minimum atomic E-state index is 0.250. The topological polar surface area (TPSA) is 52.0 Å². The Labute approximate surface area is 77.6 Å². The molecule has 1 aromatic heterocycles. The van der Waals surface area contributed by atoms with E-state index in [2.05, 4.69) is 11.4 Å². The van der Waals surface area contributed by atoms with Crippen LogP contribution in [0.15, 0.2) is 11.4 Å². The third-order valence-corrected chi connectivity index (χ3v) is 2.74. The first-order chi connectivity index (χ1) is 5.74. The highest BCUT2D eigenvalue weighted by molar-refractivity contribution is 7.10. The maximum Gasteiger partial charge on any atom is 0.00929 e. The van der Waals surface area contributed by atoms with E-state index in [-0.39, 0.29) is 6.04 Å². The van der Waals surface area contributed by atoms with Gasteiger partial charge in [0.25, 0.3) is 0 Å². The third-order valence-electron chi connectivity index (χ3n) is 1.76. The van der Waals surface area contributed by atoms with E-state index in [9.17, 15) is 0 Å². The Bertz CT molecular complexity index is 230. The summed E-state index contributed by atoms with van der Waals surface area (Å²) in [5, 5.41) is 2.11. The zero-order valence-electron chi connectivity index (χ0n) is 7.42. The van der Waals surface area contributed by atoms with Gasteiger partial charge in [0.15, 0.2) is 0 Å². The van der Waals surface area contributed by atoms with Crippen molar-refractivity contribution in [2.45, 2.75) is 25.8 Å². The van der Waals surface area contributed by atoms with Crippen LogP contribution in [0.2, 0.25) is 0 Å². The summed E-state index contributed by atoms with van der Waals surface area (Å²) in [6.45, 7) is 2.76. The summed E-state index contributed by atoms with van der Waals surface area (Å²) in [4.78, 5) is 1.40. The molecule has 1 aromatic rings. The summed E-state index contributed by atoms with van der Waals surface area (Å²) in [7, 11) is 0. The Balaban J connectivity index is 2.63. The highest BCUT2D eigenvalue weighted by Crippen LogP contribution is 2.18. The van der Waals surface area contributed by atoms with Gasteiger partial charge in [0, 0.05) is 10.9 Å². The van der Waals surface area contributed by atoms with E-state index in [1.807, 2.05) is 6.92 Å². The molecule has 0 amide bonds. The standard InChI is InChI=1S/C9H16N2S/c1-7(11)6-9-8(2-4-10)3-5-12-9/h3,5,7H,2,4,6,10-11H2,1H3. The highest BCUT2D eigenvalue weighted by Gasteiger charge is 2.05. The first-order valence-corrected chi connectivity index (χ1v) is 5.13. The number of nitrogens with two attached hydrogens (primary N) is 2. The minimum Gasteiger partial charge on any atom is -0.330 e. The molecule has 0 saturated heterocycles. The molecule has 0 fully saturated rings. The molecule has 1 unspecified atom stereocenters. The minimum absolute atomic E-state index is 0.250. The molecule has 0 aromatic carbocycles. The van der Waals surface area contributed by atoms with Gasteiger partial charge in [0.1, 0.15) is 0 Å². The molecule has 0 aliphatic carbocycles. The van der Waals surface area contributed by atoms with Crippen molar-refractivity contribution in [3.05, 3.63) is 21.9 Å². The molecule has 1 heterocycles. The van der Waals surface area contributed by atoms with Gasteiger partial charge < -0.3 is 11.5 Å². The Hall–Kier alpha value is -0.380. The summed E-state index contributed by atoms with van der Waals surface area (Å²) in [6, 6.07) is 2.40. The van der Waals surface area contributed by atoms with Crippen LogP contribution >= 0.6 is 11.3 Å². The number of rotatable bonds is 4. The number of hydrogen-bond acceptors (Lipinski definition) is 3. The fourth-order valence-corrected chi connectivity index (χ4v) is 2.29. The third kappa shape index (κ3) is 2.59. The highest BCUT2D eigenvalue weighted by atomic mass is 32.1. The molecule has 1 atom stereocenters. The lowest BCUT2D eigenvalue weighted by Crippen LogP contribution is -2.18. The van der Waals surface area contributed by atoms with Gasteiger partial charge in [-0.1, -0.05) is 0 Å². The van der Waals surface area contributed by atoms with Crippen LogP contribution < -0.4 is 11.5 Å². The van der Waals surface area contributed by atoms with Gasteiger partial charge in [0.2, 0.25) is 0 Å². The van der Waals surface area contributed by atoms with E-state index in [1.54, 1.807) is 11.3 Å². The maximum atomic E-state index is 5.72. The smallest absolute Gasteiger partial charge is 0.00929 e. The fourth-order valence-electron chi connectivity index (χ4n) is 1.22. The van der Waals surface area contributed by atoms with E-state index in [0.29, 0.717) is 0 Å². The van der Waals surface area contributed by atoms with Gasteiger partial charge in [-0.3, -0.25) is 0 Å². The molecule has 2 nitrogen and oxygen atoms in total. The number of hydrogen-bond donors (Lipinski definition) is 2. The Morgan fingerprint density at radius 2 is 2.33 bits per heavy atom. The monoisotopic (exact) mass is 184 g/mol. The van der Waals surface area contributed by atoms with Crippen LogP contribution in [-0.2, 0) is 12.8 Å². The Kier molecular flexibility index (Phi) is 3.72. The van der Waals surface area contributed by atoms with Crippen LogP contribution in [0.1, 0.15) is 17.4 Å². The van der Waals surface area contributed by atoms with Gasteiger partial charge in [-0.15, -0.1) is 11.3 Å². The summed E-state index contributed by atoms with van der Waals surface area (Å²) in [5.74, 6) is 0.